The van der Waals surface area contributed by atoms with E-state index in [0.717, 1.165) is 26.2 Å². The van der Waals surface area contributed by atoms with Gasteiger partial charge < -0.3 is 9.73 Å². The summed E-state index contributed by atoms with van der Waals surface area (Å²) in [6, 6.07) is 7.66. The van der Waals surface area contributed by atoms with Crippen LogP contribution in [0.25, 0.3) is 0 Å². The van der Waals surface area contributed by atoms with E-state index in [0.29, 0.717) is 12.3 Å². The number of aryl methyl sites for hydroxylation is 1. The number of fused-ring (bicyclic) bond motifs is 1. The van der Waals surface area contributed by atoms with Crippen molar-refractivity contribution in [3.8, 4) is 0 Å². The Morgan fingerprint density at radius 1 is 1.38 bits per heavy atom. The summed E-state index contributed by atoms with van der Waals surface area (Å²) < 4.78 is 7.23. The van der Waals surface area contributed by atoms with Crippen LogP contribution in [0.3, 0.4) is 0 Å². The maximum atomic E-state index is 12.2. The van der Waals surface area contributed by atoms with Gasteiger partial charge in [0.2, 0.25) is 0 Å². The topological polar surface area (TPSA) is 63.3 Å². The Bertz CT molecular complexity index is 868. The van der Waals surface area contributed by atoms with Crippen molar-refractivity contribution < 1.29 is 9.21 Å². The molecular formula is C19H22N4O2S. The highest BCUT2D eigenvalue weighted by atomic mass is 32.1. The molecule has 0 saturated heterocycles. The third-order valence-electron chi connectivity index (χ3n) is 4.77. The minimum absolute atomic E-state index is 0.166. The van der Waals surface area contributed by atoms with Gasteiger partial charge in [-0.05, 0) is 42.1 Å². The summed E-state index contributed by atoms with van der Waals surface area (Å²) in [5.74, 6) is 0.473. The molecule has 0 radical (unpaired) electrons. The van der Waals surface area contributed by atoms with E-state index in [2.05, 4.69) is 44.4 Å². The van der Waals surface area contributed by atoms with Crippen LogP contribution in [-0.2, 0) is 19.6 Å². The number of hydrogen-bond acceptors (Lipinski definition) is 5. The zero-order chi connectivity index (χ0) is 17.9. The number of carbonyl (C=O) groups excluding carboxylic acids is 1. The number of nitrogens with zero attached hydrogens (tertiary/aromatic N) is 3. The van der Waals surface area contributed by atoms with Crippen LogP contribution in [0.15, 0.2) is 46.5 Å². The van der Waals surface area contributed by atoms with Gasteiger partial charge in [0.1, 0.15) is 0 Å². The van der Waals surface area contributed by atoms with Crippen molar-refractivity contribution in [3.63, 3.8) is 0 Å². The Morgan fingerprint density at radius 2 is 2.31 bits per heavy atom. The molecule has 136 valence electrons. The second-order valence-corrected chi connectivity index (χ2v) is 7.76. The van der Waals surface area contributed by atoms with Crippen LogP contribution in [0, 0.1) is 12.8 Å². The Labute approximate surface area is 156 Å². The summed E-state index contributed by atoms with van der Waals surface area (Å²) >= 11 is 1.80. The fourth-order valence-corrected chi connectivity index (χ4v) is 4.32. The second kappa shape index (κ2) is 7.47. The van der Waals surface area contributed by atoms with Gasteiger partial charge in [-0.25, -0.2) is 0 Å². The standard InChI is InChI=1S/C19H22N4O2S/c1-14-5-8-26-18(14)13-22-10-15(11-23-16(12-22)4-6-21-23)9-20-19(24)17-3-2-7-25-17/h2-8,15H,9-13H2,1H3,(H,20,24). The minimum Gasteiger partial charge on any atom is -0.459 e. The molecule has 4 heterocycles. The summed E-state index contributed by atoms with van der Waals surface area (Å²) in [4.78, 5) is 16.0. The third-order valence-corrected chi connectivity index (χ3v) is 5.78. The first-order valence-corrected chi connectivity index (χ1v) is 9.64. The van der Waals surface area contributed by atoms with Crippen molar-refractivity contribution in [2.45, 2.75) is 26.6 Å². The molecule has 4 rings (SSSR count). The Hall–Kier alpha value is -2.38. The first-order chi connectivity index (χ1) is 12.7. The quantitative estimate of drug-likeness (QED) is 0.750. The number of hydrogen-bond donors (Lipinski definition) is 1. The molecule has 0 fully saturated rings. The SMILES string of the molecule is Cc1ccsc1CN1Cc2ccnn2CC(CNC(=O)c2ccco2)C1. The summed E-state index contributed by atoms with van der Waals surface area (Å²) in [7, 11) is 0. The average molecular weight is 370 g/mol. The molecule has 0 aliphatic carbocycles. The molecule has 3 aromatic rings. The minimum atomic E-state index is -0.166. The zero-order valence-corrected chi connectivity index (χ0v) is 15.5. The van der Waals surface area contributed by atoms with Gasteiger partial charge in [-0.3, -0.25) is 14.4 Å². The number of nitrogens with one attached hydrogen (secondary N) is 1. The van der Waals surface area contributed by atoms with Crippen molar-refractivity contribution in [2.24, 2.45) is 5.92 Å². The Balaban J connectivity index is 1.45. The van der Waals surface area contributed by atoms with Crippen molar-refractivity contribution >= 4 is 17.2 Å². The number of furan rings is 1. The molecule has 1 unspecified atom stereocenters. The fraction of sp³-hybridized carbons (Fsp3) is 0.368. The van der Waals surface area contributed by atoms with Crippen molar-refractivity contribution in [1.82, 2.24) is 20.0 Å². The predicted octanol–water partition coefficient (Wildman–Crippen LogP) is 2.91. The number of aromatic nitrogens is 2. The molecule has 0 saturated carbocycles. The van der Waals surface area contributed by atoms with Crippen molar-refractivity contribution in [1.29, 1.82) is 0 Å². The van der Waals surface area contributed by atoms with Crippen LogP contribution < -0.4 is 5.32 Å². The number of amides is 1. The van der Waals surface area contributed by atoms with Gasteiger partial charge in [0.05, 0.1) is 12.0 Å². The third kappa shape index (κ3) is 3.73. The highest BCUT2D eigenvalue weighted by Crippen LogP contribution is 2.22. The lowest BCUT2D eigenvalue weighted by Crippen LogP contribution is -2.36. The number of thiophene rings is 1. The van der Waals surface area contributed by atoms with E-state index in [-0.39, 0.29) is 11.8 Å². The Morgan fingerprint density at radius 3 is 3.08 bits per heavy atom. The smallest absolute Gasteiger partial charge is 0.286 e. The van der Waals surface area contributed by atoms with Crippen LogP contribution in [0.1, 0.15) is 26.7 Å². The van der Waals surface area contributed by atoms with Gasteiger partial charge in [0, 0.05) is 49.7 Å². The van der Waals surface area contributed by atoms with Crippen LogP contribution in [0.4, 0.5) is 0 Å². The van der Waals surface area contributed by atoms with E-state index in [4.69, 9.17) is 4.42 Å². The van der Waals surface area contributed by atoms with Crippen molar-refractivity contribution in [2.75, 3.05) is 13.1 Å². The van der Waals surface area contributed by atoms with E-state index < -0.39 is 0 Å². The molecule has 0 spiro atoms. The summed E-state index contributed by atoms with van der Waals surface area (Å²) in [6.45, 7) is 6.28. The maximum absolute atomic E-state index is 12.2. The lowest BCUT2D eigenvalue weighted by Gasteiger charge is -2.23. The molecule has 1 atom stereocenters. The van der Waals surface area contributed by atoms with E-state index >= 15 is 0 Å². The highest BCUT2D eigenvalue weighted by molar-refractivity contribution is 7.10. The highest BCUT2D eigenvalue weighted by Gasteiger charge is 2.24. The Kier molecular flexibility index (Phi) is 4.90. The molecule has 0 bridgehead atoms. The van der Waals surface area contributed by atoms with Gasteiger partial charge in [-0.15, -0.1) is 11.3 Å². The molecule has 1 aliphatic heterocycles. The number of rotatable bonds is 5. The van der Waals surface area contributed by atoms with Gasteiger partial charge in [0.25, 0.3) is 5.91 Å². The molecule has 1 aliphatic rings. The molecule has 1 N–H and O–H groups in total. The van der Waals surface area contributed by atoms with Gasteiger partial charge in [-0.1, -0.05) is 0 Å². The summed E-state index contributed by atoms with van der Waals surface area (Å²) in [5.41, 5.74) is 2.56. The molecule has 26 heavy (non-hydrogen) atoms. The van der Waals surface area contributed by atoms with Crippen LogP contribution >= 0.6 is 11.3 Å². The van der Waals surface area contributed by atoms with Gasteiger partial charge in [-0.2, -0.15) is 5.10 Å². The van der Waals surface area contributed by atoms with Gasteiger partial charge >= 0.3 is 0 Å². The molecular weight excluding hydrogens is 348 g/mol. The van der Waals surface area contributed by atoms with E-state index in [1.54, 1.807) is 23.5 Å². The lowest BCUT2D eigenvalue weighted by molar-refractivity contribution is 0.0912. The van der Waals surface area contributed by atoms with Crippen molar-refractivity contribution in [3.05, 3.63) is 64.0 Å². The second-order valence-electron chi connectivity index (χ2n) is 6.75. The molecule has 3 aromatic heterocycles. The summed E-state index contributed by atoms with van der Waals surface area (Å²) in [6.07, 6.45) is 3.37. The average Bonchev–Trinajstić information content (AvgIpc) is 3.36. The first kappa shape index (κ1) is 17.1. The molecule has 0 aromatic carbocycles. The monoisotopic (exact) mass is 370 g/mol. The van der Waals surface area contributed by atoms with E-state index in [1.807, 2.05) is 6.20 Å². The van der Waals surface area contributed by atoms with Crippen LogP contribution in [0.2, 0.25) is 0 Å². The summed E-state index contributed by atoms with van der Waals surface area (Å²) in [5, 5.41) is 9.60. The normalized spacial score (nSPS) is 17.7. The molecule has 7 heteroatoms. The van der Waals surface area contributed by atoms with Crippen LogP contribution in [-0.4, -0.2) is 33.7 Å². The fourth-order valence-electron chi connectivity index (χ4n) is 3.37. The number of carbonyl (C=O) groups is 1. The van der Waals surface area contributed by atoms with E-state index in [1.165, 1.54) is 22.4 Å². The largest absolute Gasteiger partial charge is 0.459 e. The molecule has 1 amide bonds. The maximum Gasteiger partial charge on any atom is 0.286 e. The first-order valence-electron chi connectivity index (χ1n) is 8.77. The zero-order valence-electron chi connectivity index (χ0n) is 14.7. The van der Waals surface area contributed by atoms with Crippen LogP contribution in [0.5, 0.6) is 0 Å². The van der Waals surface area contributed by atoms with Gasteiger partial charge in [0.15, 0.2) is 5.76 Å². The lowest BCUT2D eigenvalue weighted by atomic mass is 10.1. The molecule has 6 nitrogen and oxygen atoms in total. The van der Waals surface area contributed by atoms with E-state index in [9.17, 15) is 4.79 Å². The predicted molar refractivity (Wildman–Crippen MR) is 99.9 cm³/mol.